The maximum Gasteiger partial charge on any atom is 0.233 e. The molecule has 1 fully saturated rings. The molecule has 104 valence electrons. The van der Waals surface area contributed by atoms with E-state index in [4.69, 9.17) is 10.9 Å². The number of nitrogens with two attached hydrogens (primary N) is 1. The molecule has 0 spiro atoms. The van der Waals surface area contributed by atoms with Gasteiger partial charge in [-0.1, -0.05) is 19.0 Å². The van der Waals surface area contributed by atoms with Crippen molar-refractivity contribution in [1.29, 1.82) is 0 Å². The molecule has 0 radical (unpaired) electrons. The van der Waals surface area contributed by atoms with Gasteiger partial charge in [0.25, 0.3) is 0 Å². The third-order valence-electron chi connectivity index (χ3n) is 4.23. The minimum Gasteiger partial charge on any atom is -0.409 e. The van der Waals surface area contributed by atoms with Gasteiger partial charge in [-0.05, 0) is 44.9 Å². The zero-order valence-electron chi connectivity index (χ0n) is 11.6. The molecule has 18 heavy (non-hydrogen) atoms. The van der Waals surface area contributed by atoms with Gasteiger partial charge in [-0.2, -0.15) is 0 Å². The Morgan fingerprint density at radius 1 is 1.44 bits per heavy atom. The third kappa shape index (κ3) is 3.15. The van der Waals surface area contributed by atoms with Crippen molar-refractivity contribution in [2.75, 3.05) is 0 Å². The summed E-state index contributed by atoms with van der Waals surface area (Å²) >= 11 is 0. The van der Waals surface area contributed by atoms with E-state index in [0.717, 1.165) is 31.6 Å². The number of amidine groups is 1. The maximum absolute atomic E-state index is 12.3. The highest BCUT2D eigenvalue weighted by Crippen LogP contribution is 2.26. The summed E-state index contributed by atoms with van der Waals surface area (Å²) in [6.45, 7) is 5.81. The van der Waals surface area contributed by atoms with Crippen LogP contribution >= 0.6 is 0 Å². The Morgan fingerprint density at radius 2 is 2.00 bits per heavy atom. The fraction of sp³-hybridized carbons (Fsp3) is 0.846. The van der Waals surface area contributed by atoms with Gasteiger partial charge in [0.15, 0.2) is 5.84 Å². The molecule has 1 aliphatic carbocycles. The molecule has 1 aliphatic rings. The molecule has 0 aromatic rings. The molecule has 0 saturated heterocycles. The van der Waals surface area contributed by atoms with Crippen LogP contribution in [0.25, 0.3) is 0 Å². The normalized spacial score (nSPS) is 28.5. The Bertz CT molecular complexity index is 322. The lowest BCUT2D eigenvalue weighted by molar-refractivity contribution is -0.128. The fourth-order valence-electron chi connectivity index (χ4n) is 2.32. The smallest absolute Gasteiger partial charge is 0.233 e. The average Bonchev–Trinajstić information content (AvgIpc) is 2.39. The van der Waals surface area contributed by atoms with Crippen LogP contribution < -0.4 is 11.1 Å². The van der Waals surface area contributed by atoms with Crippen LogP contribution in [0.3, 0.4) is 0 Å². The van der Waals surface area contributed by atoms with E-state index in [1.807, 2.05) is 6.92 Å². The summed E-state index contributed by atoms with van der Waals surface area (Å²) in [5.41, 5.74) is 4.71. The molecule has 1 rings (SSSR count). The van der Waals surface area contributed by atoms with Crippen LogP contribution in [0, 0.1) is 11.3 Å². The second-order valence-electron chi connectivity index (χ2n) is 5.60. The van der Waals surface area contributed by atoms with Crippen LogP contribution in [-0.4, -0.2) is 23.0 Å². The second kappa shape index (κ2) is 6.07. The van der Waals surface area contributed by atoms with Crippen molar-refractivity contribution in [2.24, 2.45) is 22.2 Å². The number of nitrogens with zero attached hydrogens (tertiary/aromatic N) is 1. The molecule has 0 aliphatic heterocycles. The molecule has 0 aromatic carbocycles. The average molecular weight is 255 g/mol. The molecular formula is C13H25N3O2. The fourth-order valence-corrected chi connectivity index (χ4v) is 2.32. The van der Waals surface area contributed by atoms with Crippen molar-refractivity contribution in [2.45, 2.75) is 58.9 Å². The highest BCUT2D eigenvalue weighted by molar-refractivity contribution is 6.06. The van der Waals surface area contributed by atoms with Gasteiger partial charge in [0.1, 0.15) is 5.41 Å². The Hall–Kier alpha value is -1.26. The first-order chi connectivity index (χ1) is 8.43. The van der Waals surface area contributed by atoms with Crippen LogP contribution in [0.5, 0.6) is 0 Å². The van der Waals surface area contributed by atoms with Crippen molar-refractivity contribution >= 4 is 11.7 Å². The number of carbonyl (C=O) groups is 1. The Balaban J connectivity index is 2.63. The van der Waals surface area contributed by atoms with Crippen molar-refractivity contribution < 1.29 is 10.0 Å². The molecule has 5 nitrogen and oxygen atoms in total. The first-order valence-corrected chi connectivity index (χ1v) is 6.73. The van der Waals surface area contributed by atoms with Gasteiger partial charge in [-0.15, -0.1) is 0 Å². The largest absolute Gasteiger partial charge is 0.409 e. The summed E-state index contributed by atoms with van der Waals surface area (Å²) in [6, 6.07) is 0.228. The summed E-state index contributed by atoms with van der Waals surface area (Å²) in [4.78, 5) is 12.3. The zero-order valence-corrected chi connectivity index (χ0v) is 11.6. The number of rotatable bonds is 4. The SMILES string of the molecule is CCC(C)(C(=O)NC1CCC(C)CC1)C(N)=NO. The zero-order chi connectivity index (χ0) is 13.8. The molecule has 1 atom stereocenters. The lowest BCUT2D eigenvalue weighted by atomic mass is 9.83. The number of amides is 1. The number of oxime groups is 1. The van der Waals surface area contributed by atoms with Crippen LogP contribution in [0.1, 0.15) is 52.9 Å². The number of hydrogen-bond donors (Lipinski definition) is 3. The van der Waals surface area contributed by atoms with Gasteiger partial charge in [0.2, 0.25) is 5.91 Å². The minimum absolute atomic E-state index is 0.0216. The van der Waals surface area contributed by atoms with Crippen molar-refractivity contribution in [3.05, 3.63) is 0 Å². The first kappa shape index (κ1) is 14.8. The van der Waals surface area contributed by atoms with Gasteiger partial charge in [0.05, 0.1) is 0 Å². The molecule has 0 heterocycles. The molecule has 1 unspecified atom stereocenters. The maximum atomic E-state index is 12.3. The first-order valence-electron chi connectivity index (χ1n) is 6.73. The number of nitrogens with one attached hydrogen (secondary N) is 1. The molecular weight excluding hydrogens is 230 g/mol. The van der Waals surface area contributed by atoms with Crippen LogP contribution in [-0.2, 0) is 4.79 Å². The standard InChI is InChI=1S/C13H25N3O2/c1-4-13(3,11(14)16-18)12(17)15-10-7-5-9(2)6-8-10/h9-10,18H,4-8H2,1-3H3,(H2,14,16)(H,15,17). The van der Waals surface area contributed by atoms with E-state index in [-0.39, 0.29) is 17.8 Å². The van der Waals surface area contributed by atoms with E-state index in [1.54, 1.807) is 6.92 Å². The molecule has 4 N–H and O–H groups in total. The summed E-state index contributed by atoms with van der Waals surface area (Å²) in [7, 11) is 0. The molecule has 0 bridgehead atoms. The molecule has 1 amide bonds. The lowest BCUT2D eigenvalue weighted by Gasteiger charge is -2.31. The van der Waals surface area contributed by atoms with Crippen LogP contribution in [0.2, 0.25) is 0 Å². The number of hydrogen-bond acceptors (Lipinski definition) is 3. The van der Waals surface area contributed by atoms with E-state index in [1.165, 1.54) is 0 Å². The molecule has 0 aromatic heterocycles. The van der Waals surface area contributed by atoms with Crippen molar-refractivity contribution in [3.63, 3.8) is 0 Å². The van der Waals surface area contributed by atoms with Crippen molar-refractivity contribution in [3.8, 4) is 0 Å². The predicted octanol–water partition coefficient (Wildman–Crippen LogP) is 1.84. The van der Waals surface area contributed by atoms with E-state index in [2.05, 4.69) is 17.4 Å². The van der Waals surface area contributed by atoms with Crippen LogP contribution in [0.15, 0.2) is 5.16 Å². The van der Waals surface area contributed by atoms with Gasteiger partial charge in [-0.3, -0.25) is 4.79 Å². The minimum atomic E-state index is -0.919. The molecule has 5 heteroatoms. The van der Waals surface area contributed by atoms with Gasteiger partial charge < -0.3 is 16.3 Å². The number of carbonyl (C=O) groups excluding carboxylic acids is 1. The monoisotopic (exact) mass is 255 g/mol. The van der Waals surface area contributed by atoms with Gasteiger partial charge >= 0.3 is 0 Å². The highest BCUT2D eigenvalue weighted by atomic mass is 16.4. The summed E-state index contributed by atoms with van der Waals surface area (Å²) < 4.78 is 0. The summed E-state index contributed by atoms with van der Waals surface area (Å²) in [6.07, 6.45) is 4.85. The summed E-state index contributed by atoms with van der Waals surface area (Å²) in [5.74, 6) is 0.589. The van der Waals surface area contributed by atoms with Gasteiger partial charge in [0, 0.05) is 6.04 Å². The second-order valence-corrected chi connectivity index (χ2v) is 5.60. The topological polar surface area (TPSA) is 87.7 Å². The van der Waals surface area contributed by atoms with E-state index >= 15 is 0 Å². The quantitative estimate of drug-likeness (QED) is 0.310. The van der Waals surface area contributed by atoms with E-state index < -0.39 is 5.41 Å². The molecule has 1 saturated carbocycles. The third-order valence-corrected chi connectivity index (χ3v) is 4.23. The van der Waals surface area contributed by atoms with Crippen molar-refractivity contribution in [1.82, 2.24) is 5.32 Å². The lowest BCUT2D eigenvalue weighted by Crippen LogP contribution is -2.51. The Morgan fingerprint density at radius 3 is 2.44 bits per heavy atom. The highest BCUT2D eigenvalue weighted by Gasteiger charge is 2.37. The predicted molar refractivity (Wildman–Crippen MR) is 71.4 cm³/mol. The Labute approximate surface area is 109 Å². The van der Waals surface area contributed by atoms with Crippen LogP contribution in [0.4, 0.5) is 0 Å². The van der Waals surface area contributed by atoms with E-state index in [0.29, 0.717) is 6.42 Å². The van der Waals surface area contributed by atoms with E-state index in [9.17, 15) is 4.79 Å². The van der Waals surface area contributed by atoms with Gasteiger partial charge in [-0.25, -0.2) is 0 Å². The summed E-state index contributed by atoms with van der Waals surface area (Å²) in [5, 5.41) is 14.8. The Kier molecular flexibility index (Phi) is 4.99.